The molecule has 1 heterocycles. The Morgan fingerprint density at radius 2 is 2.12 bits per heavy atom. The maximum Gasteiger partial charge on any atom is 0.104 e. The summed E-state index contributed by atoms with van der Waals surface area (Å²) in [7, 11) is 0. The molecule has 2 nitrogen and oxygen atoms in total. The van der Waals surface area contributed by atoms with Gasteiger partial charge < -0.3 is 5.11 Å². The van der Waals surface area contributed by atoms with Gasteiger partial charge in [0.1, 0.15) is 6.61 Å². The van der Waals surface area contributed by atoms with Crippen LogP contribution < -0.4 is 0 Å². The highest BCUT2D eigenvalue weighted by atomic mass is 16.2. The lowest BCUT2D eigenvalue weighted by molar-refractivity contribution is 0.350. The first kappa shape index (κ1) is 5.61. The largest absolute Gasteiger partial charge is 0.384 e. The highest BCUT2D eigenvalue weighted by Crippen LogP contribution is 1.99. The van der Waals surface area contributed by atoms with Gasteiger partial charge in [0.15, 0.2) is 0 Å². The van der Waals surface area contributed by atoms with Crippen molar-refractivity contribution in [2.75, 3.05) is 26.2 Å². The van der Waals surface area contributed by atoms with Crippen molar-refractivity contribution in [1.29, 1.82) is 0 Å². The monoisotopic (exact) mass is 111 g/mol. The van der Waals surface area contributed by atoms with Crippen molar-refractivity contribution >= 4 is 0 Å². The minimum atomic E-state index is -0.00611. The predicted molar refractivity (Wildman–Crippen MR) is 31.3 cm³/mol. The van der Waals surface area contributed by atoms with Crippen molar-refractivity contribution in [2.24, 2.45) is 0 Å². The first-order valence-electron chi connectivity index (χ1n) is 2.72. The first-order chi connectivity index (χ1) is 3.93. The normalized spacial score (nSPS) is 17.1. The Hall–Kier alpha value is -0.520. The van der Waals surface area contributed by atoms with Gasteiger partial charge in [-0.2, -0.15) is 0 Å². The Morgan fingerprint density at radius 3 is 2.62 bits per heavy atom. The van der Waals surface area contributed by atoms with E-state index in [0.717, 1.165) is 6.54 Å². The zero-order valence-corrected chi connectivity index (χ0v) is 4.72. The van der Waals surface area contributed by atoms with E-state index in [1.54, 1.807) is 0 Å². The second-order valence-corrected chi connectivity index (χ2v) is 1.79. The van der Waals surface area contributed by atoms with Crippen LogP contribution in [0.5, 0.6) is 0 Å². The van der Waals surface area contributed by atoms with Gasteiger partial charge in [-0.15, -0.1) is 0 Å². The highest BCUT2D eigenvalue weighted by Gasteiger charge is 2.13. The number of hydrogen-bond acceptors (Lipinski definition) is 2. The molecule has 8 heavy (non-hydrogen) atoms. The number of rotatable bonds is 1. The van der Waals surface area contributed by atoms with Crippen molar-refractivity contribution in [3.63, 3.8) is 0 Å². The molecule has 0 amide bonds. The third kappa shape index (κ3) is 1.97. The quantitative estimate of drug-likeness (QED) is 0.357. The van der Waals surface area contributed by atoms with Crippen LogP contribution >= 0.6 is 0 Å². The van der Waals surface area contributed by atoms with Gasteiger partial charge in [-0.3, -0.25) is 4.90 Å². The van der Waals surface area contributed by atoms with Gasteiger partial charge in [-0.25, -0.2) is 0 Å². The molecular weight excluding hydrogens is 102 g/mol. The van der Waals surface area contributed by atoms with E-state index in [9.17, 15) is 0 Å². The fraction of sp³-hybridized carbons (Fsp3) is 0.667. The summed E-state index contributed by atoms with van der Waals surface area (Å²) in [5, 5.41) is 8.21. The standard InChI is InChI=1S/C6H9NO/c8-6-2-1-3-7-4-5-7/h8H,3-6H2. The Morgan fingerprint density at radius 1 is 1.38 bits per heavy atom. The molecule has 1 rings (SSSR count). The number of aliphatic hydroxyl groups is 1. The second-order valence-electron chi connectivity index (χ2n) is 1.79. The minimum Gasteiger partial charge on any atom is -0.384 e. The topological polar surface area (TPSA) is 23.2 Å². The molecule has 1 aliphatic heterocycles. The Bertz CT molecular complexity index is 118. The van der Waals surface area contributed by atoms with Crippen LogP contribution in [0.15, 0.2) is 0 Å². The zero-order chi connectivity index (χ0) is 5.82. The number of hydrogen-bond donors (Lipinski definition) is 1. The zero-order valence-electron chi connectivity index (χ0n) is 4.72. The molecular formula is C6H9NO. The van der Waals surface area contributed by atoms with E-state index >= 15 is 0 Å². The van der Waals surface area contributed by atoms with Gasteiger partial charge in [0.25, 0.3) is 0 Å². The summed E-state index contributed by atoms with van der Waals surface area (Å²) >= 11 is 0. The van der Waals surface area contributed by atoms with Crippen molar-refractivity contribution in [3.05, 3.63) is 0 Å². The first-order valence-corrected chi connectivity index (χ1v) is 2.72. The highest BCUT2D eigenvalue weighted by molar-refractivity contribution is 5.02. The lowest BCUT2D eigenvalue weighted by Gasteiger charge is -1.84. The van der Waals surface area contributed by atoms with Gasteiger partial charge in [0.05, 0.1) is 6.54 Å². The van der Waals surface area contributed by atoms with E-state index in [-0.39, 0.29) is 6.61 Å². The van der Waals surface area contributed by atoms with Gasteiger partial charge in [0, 0.05) is 13.1 Å². The van der Waals surface area contributed by atoms with Crippen LogP contribution in [0.3, 0.4) is 0 Å². The van der Waals surface area contributed by atoms with Gasteiger partial charge in [-0.05, 0) is 0 Å². The SMILES string of the molecule is OCC#CCN1CC1. The molecule has 0 aromatic rings. The van der Waals surface area contributed by atoms with Crippen LogP contribution in [0, 0.1) is 11.8 Å². The third-order valence-electron chi connectivity index (χ3n) is 1.05. The van der Waals surface area contributed by atoms with E-state index in [2.05, 4.69) is 16.7 Å². The molecule has 1 saturated heterocycles. The second kappa shape index (κ2) is 2.71. The molecule has 0 saturated carbocycles. The molecule has 0 aromatic carbocycles. The smallest absolute Gasteiger partial charge is 0.104 e. The predicted octanol–water partition coefficient (Wildman–Crippen LogP) is -0.702. The summed E-state index contributed by atoms with van der Waals surface area (Å²) in [5.41, 5.74) is 0. The average Bonchev–Trinajstić information content (AvgIpc) is 2.51. The van der Waals surface area contributed by atoms with Crippen LogP contribution in [0.25, 0.3) is 0 Å². The van der Waals surface area contributed by atoms with E-state index in [0.29, 0.717) is 0 Å². The Balaban J connectivity index is 2.01. The van der Waals surface area contributed by atoms with Crippen LogP contribution in [-0.4, -0.2) is 36.2 Å². The molecule has 1 aliphatic rings. The Kier molecular flexibility index (Phi) is 1.90. The summed E-state index contributed by atoms with van der Waals surface area (Å²) < 4.78 is 0. The van der Waals surface area contributed by atoms with Gasteiger partial charge in [-0.1, -0.05) is 11.8 Å². The number of aliphatic hydroxyl groups excluding tert-OH is 1. The van der Waals surface area contributed by atoms with E-state index < -0.39 is 0 Å². The van der Waals surface area contributed by atoms with Gasteiger partial charge in [0.2, 0.25) is 0 Å². The fourth-order valence-electron chi connectivity index (χ4n) is 0.452. The molecule has 0 aliphatic carbocycles. The van der Waals surface area contributed by atoms with Crippen molar-refractivity contribution in [3.8, 4) is 11.8 Å². The minimum absolute atomic E-state index is 0.00611. The van der Waals surface area contributed by atoms with E-state index in [4.69, 9.17) is 5.11 Å². The molecule has 0 spiro atoms. The summed E-state index contributed by atoms with van der Waals surface area (Å²) in [6.07, 6.45) is 0. The van der Waals surface area contributed by atoms with E-state index in [1.165, 1.54) is 13.1 Å². The summed E-state index contributed by atoms with van der Waals surface area (Å²) in [6, 6.07) is 0. The molecule has 2 heteroatoms. The molecule has 0 aromatic heterocycles. The van der Waals surface area contributed by atoms with Crippen molar-refractivity contribution in [1.82, 2.24) is 4.90 Å². The Labute approximate surface area is 49.1 Å². The summed E-state index contributed by atoms with van der Waals surface area (Å²) in [4.78, 5) is 2.20. The van der Waals surface area contributed by atoms with E-state index in [1.807, 2.05) is 0 Å². The van der Waals surface area contributed by atoms with Gasteiger partial charge >= 0.3 is 0 Å². The average molecular weight is 111 g/mol. The molecule has 0 atom stereocenters. The van der Waals surface area contributed by atoms with Crippen LogP contribution in [0.1, 0.15) is 0 Å². The summed E-state index contributed by atoms with van der Waals surface area (Å²) in [5.74, 6) is 5.41. The lowest BCUT2D eigenvalue weighted by Crippen LogP contribution is -1.94. The van der Waals surface area contributed by atoms with Crippen LogP contribution in [-0.2, 0) is 0 Å². The molecule has 0 radical (unpaired) electrons. The summed E-state index contributed by atoms with van der Waals surface area (Å²) in [6.45, 7) is 3.19. The molecule has 1 N–H and O–H groups in total. The molecule has 0 bridgehead atoms. The fourth-order valence-corrected chi connectivity index (χ4v) is 0.452. The van der Waals surface area contributed by atoms with Crippen LogP contribution in [0.4, 0.5) is 0 Å². The van der Waals surface area contributed by atoms with Crippen LogP contribution in [0.2, 0.25) is 0 Å². The van der Waals surface area contributed by atoms with Crippen molar-refractivity contribution in [2.45, 2.75) is 0 Å². The maximum absolute atomic E-state index is 8.21. The molecule has 1 fully saturated rings. The van der Waals surface area contributed by atoms with Crippen molar-refractivity contribution < 1.29 is 5.11 Å². The maximum atomic E-state index is 8.21. The molecule has 44 valence electrons. The lowest BCUT2D eigenvalue weighted by atomic mass is 10.6. The number of nitrogens with zero attached hydrogens (tertiary/aromatic N) is 1. The third-order valence-corrected chi connectivity index (χ3v) is 1.05. The molecule has 0 unspecified atom stereocenters.